The molecule has 1 aromatic carbocycles. The molecule has 2 aromatic rings. The second-order valence-electron chi connectivity index (χ2n) is 5.64. The Hall–Kier alpha value is -1.67. The van der Waals surface area contributed by atoms with Crippen LogP contribution >= 0.6 is 0 Å². The van der Waals surface area contributed by atoms with Crippen molar-refractivity contribution in [2.24, 2.45) is 0 Å². The van der Waals surface area contributed by atoms with Gasteiger partial charge in [-0.15, -0.1) is 0 Å². The van der Waals surface area contributed by atoms with Crippen LogP contribution in [-0.4, -0.2) is 17.6 Å². The highest BCUT2D eigenvalue weighted by Crippen LogP contribution is 2.13. The summed E-state index contributed by atoms with van der Waals surface area (Å²) < 4.78 is 0. The van der Waals surface area contributed by atoms with Gasteiger partial charge in [0.15, 0.2) is 0 Å². The van der Waals surface area contributed by atoms with E-state index in [9.17, 15) is 0 Å². The summed E-state index contributed by atoms with van der Waals surface area (Å²) in [7, 11) is 0. The highest BCUT2D eigenvalue weighted by atomic mass is 14.9. The molecule has 0 aliphatic rings. The van der Waals surface area contributed by atoms with Gasteiger partial charge in [0.2, 0.25) is 0 Å². The molecule has 0 saturated carbocycles. The fraction of sp³-hybridized carbons (Fsp3) is 0.421. The lowest BCUT2D eigenvalue weighted by atomic mass is 9.97. The van der Waals surface area contributed by atoms with Crippen molar-refractivity contribution in [3.05, 3.63) is 65.5 Å². The van der Waals surface area contributed by atoms with E-state index in [4.69, 9.17) is 0 Å². The van der Waals surface area contributed by atoms with Crippen molar-refractivity contribution in [1.29, 1.82) is 0 Å². The van der Waals surface area contributed by atoms with E-state index >= 15 is 0 Å². The average molecular weight is 282 g/mol. The third-order valence-corrected chi connectivity index (χ3v) is 3.89. The van der Waals surface area contributed by atoms with Crippen LogP contribution in [0.1, 0.15) is 36.6 Å². The van der Waals surface area contributed by atoms with E-state index < -0.39 is 0 Å². The molecule has 0 radical (unpaired) electrons. The Morgan fingerprint density at radius 1 is 1.10 bits per heavy atom. The van der Waals surface area contributed by atoms with Gasteiger partial charge < -0.3 is 5.32 Å². The number of rotatable bonds is 8. The molecule has 1 atom stereocenters. The molecule has 21 heavy (non-hydrogen) atoms. The zero-order valence-corrected chi connectivity index (χ0v) is 13.2. The van der Waals surface area contributed by atoms with Gasteiger partial charge in [-0.1, -0.05) is 37.3 Å². The molecule has 1 unspecified atom stereocenters. The summed E-state index contributed by atoms with van der Waals surface area (Å²) in [5, 5.41) is 3.69. The van der Waals surface area contributed by atoms with Gasteiger partial charge in [-0.2, -0.15) is 0 Å². The lowest BCUT2D eigenvalue weighted by Gasteiger charge is -2.19. The lowest BCUT2D eigenvalue weighted by molar-refractivity contribution is 0.475. The molecular formula is C19H26N2. The van der Waals surface area contributed by atoms with Crippen LogP contribution in [0.15, 0.2) is 48.7 Å². The maximum Gasteiger partial charge on any atom is 0.0404 e. The highest BCUT2D eigenvalue weighted by Gasteiger charge is 2.10. The molecule has 0 saturated heterocycles. The first-order chi connectivity index (χ1) is 10.3. The number of pyridine rings is 1. The summed E-state index contributed by atoms with van der Waals surface area (Å²) in [6.45, 7) is 5.50. The van der Waals surface area contributed by atoms with E-state index in [0.29, 0.717) is 6.04 Å². The number of hydrogen-bond donors (Lipinski definition) is 1. The third-order valence-electron chi connectivity index (χ3n) is 3.89. The number of aryl methyl sites for hydroxylation is 2. The van der Waals surface area contributed by atoms with Crippen LogP contribution in [0.5, 0.6) is 0 Å². The first-order valence-corrected chi connectivity index (χ1v) is 7.97. The SMILES string of the molecule is CCCNC(CCc1ccccn1)Cc1ccccc1C. The van der Waals surface area contributed by atoms with Gasteiger partial charge >= 0.3 is 0 Å². The largest absolute Gasteiger partial charge is 0.314 e. The van der Waals surface area contributed by atoms with Crippen LogP contribution in [0.25, 0.3) is 0 Å². The average Bonchev–Trinajstić information content (AvgIpc) is 2.53. The van der Waals surface area contributed by atoms with Crippen LogP contribution < -0.4 is 5.32 Å². The molecule has 1 heterocycles. The monoisotopic (exact) mass is 282 g/mol. The Balaban J connectivity index is 1.96. The molecule has 0 amide bonds. The molecular weight excluding hydrogens is 256 g/mol. The predicted octanol–water partition coefficient (Wildman–Crippen LogP) is 3.93. The van der Waals surface area contributed by atoms with Crippen LogP contribution in [0, 0.1) is 6.92 Å². The minimum atomic E-state index is 0.521. The first-order valence-electron chi connectivity index (χ1n) is 7.97. The molecule has 0 bridgehead atoms. The normalized spacial score (nSPS) is 12.3. The van der Waals surface area contributed by atoms with Crippen LogP contribution in [0.3, 0.4) is 0 Å². The number of nitrogens with one attached hydrogen (secondary N) is 1. The van der Waals surface area contributed by atoms with E-state index in [-0.39, 0.29) is 0 Å². The summed E-state index contributed by atoms with van der Waals surface area (Å²) in [5.74, 6) is 0. The van der Waals surface area contributed by atoms with E-state index in [1.54, 1.807) is 0 Å². The topological polar surface area (TPSA) is 24.9 Å². The quantitative estimate of drug-likeness (QED) is 0.793. The number of nitrogens with zero attached hydrogens (tertiary/aromatic N) is 1. The first kappa shape index (κ1) is 15.7. The van der Waals surface area contributed by atoms with E-state index in [0.717, 1.165) is 25.8 Å². The number of hydrogen-bond acceptors (Lipinski definition) is 2. The molecule has 0 fully saturated rings. The summed E-state index contributed by atoms with van der Waals surface area (Å²) in [6.07, 6.45) is 6.32. The van der Waals surface area contributed by atoms with Gasteiger partial charge in [0.25, 0.3) is 0 Å². The van der Waals surface area contributed by atoms with Crippen molar-refractivity contribution in [3.8, 4) is 0 Å². The summed E-state index contributed by atoms with van der Waals surface area (Å²) in [5.41, 5.74) is 4.02. The van der Waals surface area contributed by atoms with E-state index in [1.165, 1.54) is 23.2 Å². The third kappa shape index (κ3) is 5.31. The van der Waals surface area contributed by atoms with E-state index in [1.807, 2.05) is 12.3 Å². The van der Waals surface area contributed by atoms with Crippen molar-refractivity contribution >= 4 is 0 Å². The van der Waals surface area contributed by atoms with Crippen molar-refractivity contribution < 1.29 is 0 Å². The Morgan fingerprint density at radius 2 is 1.90 bits per heavy atom. The van der Waals surface area contributed by atoms with Gasteiger partial charge in [-0.05, 0) is 62.4 Å². The smallest absolute Gasteiger partial charge is 0.0404 e. The molecule has 0 spiro atoms. The van der Waals surface area contributed by atoms with Crippen LogP contribution in [0.4, 0.5) is 0 Å². The van der Waals surface area contributed by atoms with Gasteiger partial charge in [-0.25, -0.2) is 0 Å². The van der Waals surface area contributed by atoms with Gasteiger partial charge in [0.1, 0.15) is 0 Å². The molecule has 2 nitrogen and oxygen atoms in total. The van der Waals surface area contributed by atoms with Gasteiger partial charge in [-0.3, -0.25) is 4.98 Å². The van der Waals surface area contributed by atoms with Gasteiger partial charge in [0.05, 0.1) is 0 Å². The van der Waals surface area contributed by atoms with Crippen molar-refractivity contribution in [3.63, 3.8) is 0 Å². The Labute approximate surface area is 128 Å². The van der Waals surface area contributed by atoms with Crippen LogP contribution in [-0.2, 0) is 12.8 Å². The van der Waals surface area contributed by atoms with E-state index in [2.05, 4.69) is 60.5 Å². The molecule has 112 valence electrons. The highest BCUT2D eigenvalue weighted by molar-refractivity contribution is 5.26. The zero-order chi connectivity index (χ0) is 14.9. The predicted molar refractivity (Wildman–Crippen MR) is 89.5 cm³/mol. The number of aromatic nitrogens is 1. The zero-order valence-electron chi connectivity index (χ0n) is 13.2. The lowest BCUT2D eigenvalue weighted by Crippen LogP contribution is -2.32. The standard InChI is InChI=1S/C19H26N2/c1-3-13-20-19(12-11-18-10-6-7-14-21-18)15-17-9-5-4-8-16(17)2/h4-10,14,19-20H,3,11-13,15H2,1-2H3. The molecule has 0 aliphatic heterocycles. The van der Waals surface area contributed by atoms with Crippen molar-refractivity contribution in [2.75, 3.05) is 6.54 Å². The maximum atomic E-state index is 4.43. The Bertz CT molecular complexity index is 522. The van der Waals surface area contributed by atoms with Crippen molar-refractivity contribution in [1.82, 2.24) is 10.3 Å². The second-order valence-corrected chi connectivity index (χ2v) is 5.64. The Morgan fingerprint density at radius 3 is 2.62 bits per heavy atom. The fourth-order valence-electron chi connectivity index (χ4n) is 2.60. The molecule has 1 aromatic heterocycles. The van der Waals surface area contributed by atoms with Gasteiger partial charge in [0, 0.05) is 17.9 Å². The van der Waals surface area contributed by atoms with Crippen molar-refractivity contribution in [2.45, 2.75) is 45.6 Å². The minimum absolute atomic E-state index is 0.521. The summed E-state index contributed by atoms with van der Waals surface area (Å²) in [6, 6.07) is 15.4. The Kier molecular flexibility index (Phi) is 6.42. The second kappa shape index (κ2) is 8.58. The summed E-state index contributed by atoms with van der Waals surface area (Å²) in [4.78, 5) is 4.43. The summed E-state index contributed by atoms with van der Waals surface area (Å²) >= 11 is 0. The minimum Gasteiger partial charge on any atom is -0.314 e. The van der Waals surface area contributed by atoms with Crippen LogP contribution in [0.2, 0.25) is 0 Å². The molecule has 0 aliphatic carbocycles. The molecule has 1 N–H and O–H groups in total. The molecule has 2 rings (SSSR count). The molecule has 2 heteroatoms. The number of benzene rings is 1. The fourth-order valence-corrected chi connectivity index (χ4v) is 2.60. The maximum absolute atomic E-state index is 4.43.